The predicted molar refractivity (Wildman–Crippen MR) is 14.5 cm³/mol. The zero-order valence-corrected chi connectivity index (χ0v) is 7.58. The van der Waals surface area contributed by atoms with E-state index in [1.165, 1.54) is 0 Å². The van der Waals surface area contributed by atoms with Crippen LogP contribution in [-0.2, 0) is 4.57 Å². The van der Waals surface area contributed by atoms with Gasteiger partial charge in [0.15, 0.2) is 0 Å². The molecule has 4 nitrogen and oxygen atoms in total. The molecule has 0 saturated heterocycles. The van der Waals surface area contributed by atoms with Gasteiger partial charge in [-0.2, -0.15) is 0 Å². The Labute approximate surface area is 82.0 Å². The van der Waals surface area contributed by atoms with Crippen LogP contribution in [-0.4, -0.2) is 9.79 Å². The third-order valence-electron chi connectivity index (χ3n) is 0. The maximum Gasteiger partial charge on any atom is 1.00 e. The van der Waals surface area contributed by atoms with Crippen molar-refractivity contribution in [2.75, 3.05) is 0 Å². The number of rotatable bonds is 0. The predicted octanol–water partition coefficient (Wildman–Crippen LogP) is -4.40. The fourth-order valence-corrected chi connectivity index (χ4v) is 0. The van der Waals surface area contributed by atoms with Gasteiger partial charge in [-0.15, -0.1) is 0 Å². The summed E-state index contributed by atoms with van der Waals surface area (Å²) in [6.07, 6.45) is 0. The van der Waals surface area contributed by atoms with Crippen molar-refractivity contribution >= 4 is 7.82 Å². The van der Waals surface area contributed by atoms with Crippen LogP contribution >= 0.6 is 7.82 Å². The number of phosphoric acid groups is 1. The van der Waals surface area contributed by atoms with Gasteiger partial charge in [0, 0.05) is 0 Å². The van der Waals surface area contributed by atoms with Crippen LogP contribution in [0.2, 0.25) is 0 Å². The van der Waals surface area contributed by atoms with Gasteiger partial charge in [-0.3, -0.25) is 9.27 Å². The van der Waals surface area contributed by atoms with Gasteiger partial charge in [0.05, 0.1) is 0 Å². The number of hydrogen-bond donors (Lipinski definition) is 2. The topological polar surface area (TPSA) is 80.6 Å². The summed E-state index contributed by atoms with van der Waals surface area (Å²) in [6, 6.07) is 0. The van der Waals surface area contributed by atoms with Crippen LogP contribution in [0.5, 0.6) is 0 Å². The third kappa shape index (κ3) is 88.0. The van der Waals surface area contributed by atoms with Crippen molar-refractivity contribution in [1.82, 2.24) is 0 Å². The molecule has 0 rings (SSSR count). The molecule has 0 aromatic heterocycles. The van der Waals surface area contributed by atoms with Crippen molar-refractivity contribution in [2.24, 2.45) is 0 Å². The molecule has 0 atom stereocenters. The van der Waals surface area contributed by atoms with Gasteiger partial charge in [0.25, 0.3) is 7.82 Å². The number of halogens is 1. The standard InChI is InChI=1S/FH.K.H3O4P/c;;1-5(2,3)4/h1H;;(H3,1,2,3,4)/q;+1;/p-1. The molecule has 0 unspecified atom stereocenters. The first-order valence-corrected chi connectivity index (χ1v) is 2.30. The molecular weight excluding hydrogens is 153 g/mol. The molecule has 0 aliphatic heterocycles. The Morgan fingerprint density at radius 2 is 1.43 bits per heavy atom. The summed E-state index contributed by atoms with van der Waals surface area (Å²) in [4.78, 5) is 22.9. The maximum atomic E-state index is 8.77. The fourth-order valence-electron chi connectivity index (χ4n) is 0. The molecule has 7 heavy (non-hydrogen) atoms. The minimum Gasteiger partial charge on any atom is -0.756 e. The van der Waals surface area contributed by atoms with Crippen LogP contribution in [0.3, 0.4) is 0 Å². The minimum atomic E-state index is -4.89. The van der Waals surface area contributed by atoms with E-state index in [0.29, 0.717) is 0 Å². The molecule has 0 bridgehead atoms. The van der Waals surface area contributed by atoms with E-state index >= 15 is 0 Å². The van der Waals surface area contributed by atoms with Crippen molar-refractivity contribution in [3.63, 3.8) is 0 Å². The van der Waals surface area contributed by atoms with E-state index in [-0.39, 0.29) is 56.1 Å². The Hall–Kier alpha value is 1.68. The Balaban J connectivity index is -0.0000000800. The van der Waals surface area contributed by atoms with Crippen molar-refractivity contribution in [1.29, 1.82) is 0 Å². The molecule has 0 radical (unpaired) electrons. The summed E-state index contributed by atoms with van der Waals surface area (Å²) in [5, 5.41) is 0. The van der Waals surface area contributed by atoms with Crippen LogP contribution in [0.15, 0.2) is 0 Å². The molecule has 7 heteroatoms. The average Bonchev–Trinajstić information content (AvgIpc) is 0.722. The quantitative estimate of drug-likeness (QED) is 0.274. The van der Waals surface area contributed by atoms with Gasteiger partial charge in [0.2, 0.25) is 0 Å². The molecule has 0 aliphatic rings. The van der Waals surface area contributed by atoms with Crippen LogP contribution < -0.4 is 56.3 Å². The van der Waals surface area contributed by atoms with E-state index in [1.807, 2.05) is 0 Å². The molecule has 0 aromatic rings. The van der Waals surface area contributed by atoms with E-state index < -0.39 is 7.82 Å². The number of hydrogen-bond acceptors (Lipinski definition) is 2. The third-order valence-corrected chi connectivity index (χ3v) is 0. The van der Waals surface area contributed by atoms with Gasteiger partial charge < -0.3 is 14.7 Å². The zero-order chi connectivity index (χ0) is 4.50. The summed E-state index contributed by atoms with van der Waals surface area (Å²) in [5.74, 6) is 0. The first-order chi connectivity index (χ1) is 2.00. The van der Waals surface area contributed by atoms with Crippen LogP contribution in [0.25, 0.3) is 0 Å². The van der Waals surface area contributed by atoms with Crippen LogP contribution in [0.4, 0.5) is 4.70 Å². The average molecular weight is 156 g/mol. The van der Waals surface area contributed by atoms with Crippen LogP contribution in [0, 0.1) is 0 Å². The summed E-state index contributed by atoms with van der Waals surface area (Å²) >= 11 is 0. The smallest absolute Gasteiger partial charge is 0.756 e. The first kappa shape index (κ1) is 15.9. The molecule has 0 spiro atoms. The van der Waals surface area contributed by atoms with Crippen LogP contribution in [0.1, 0.15) is 0 Å². The summed E-state index contributed by atoms with van der Waals surface area (Å²) in [6.45, 7) is 0. The molecule has 0 saturated carbocycles. The maximum absolute atomic E-state index is 8.77. The largest absolute Gasteiger partial charge is 1.00 e. The molecule has 0 aliphatic carbocycles. The molecule has 0 aromatic carbocycles. The summed E-state index contributed by atoms with van der Waals surface area (Å²) in [7, 11) is -4.89. The second-order valence-corrected chi connectivity index (χ2v) is 1.47. The van der Waals surface area contributed by atoms with Gasteiger partial charge in [-0.05, 0) is 0 Å². The van der Waals surface area contributed by atoms with E-state index in [1.54, 1.807) is 0 Å². The van der Waals surface area contributed by atoms with Crippen molar-refractivity contribution in [2.45, 2.75) is 0 Å². The van der Waals surface area contributed by atoms with E-state index in [4.69, 9.17) is 19.2 Å². The summed E-state index contributed by atoms with van der Waals surface area (Å²) < 4.78 is 8.77. The molecule has 0 heterocycles. The molecule has 0 amide bonds. The Bertz CT molecular complexity index is 57.8. The van der Waals surface area contributed by atoms with Gasteiger partial charge in [-0.1, -0.05) is 0 Å². The minimum absolute atomic E-state index is 0. The second kappa shape index (κ2) is 5.81. The molecule has 2 N–H and O–H groups in total. The molecule has 40 valence electrons. The van der Waals surface area contributed by atoms with Crippen molar-refractivity contribution in [3.8, 4) is 0 Å². The SMILES string of the molecule is F.O=P([O-])(O)O.[K+]. The Morgan fingerprint density at radius 1 is 1.43 bits per heavy atom. The normalized spacial score (nSPS) is 8.43. The Morgan fingerprint density at radius 3 is 1.43 bits per heavy atom. The summed E-state index contributed by atoms with van der Waals surface area (Å²) in [5.41, 5.74) is 0. The van der Waals surface area contributed by atoms with E-state index in [0.717, 1.165) is 0 Å². The monoisotopic (exact) mass is 156 g/mol. The second-order valence-electron chi connectivity index (χ2n) is 0.491. The van der Waals surface area contributed by atoms with Gasteiger partial charge in [-0.25, -0.2) is 0 Å². The fraction of sp³-hybridized carbons (Fsp3) is 0. The zero-order valence-electron chi connectivity index (χ0n) is 3.57. The van der Waals surface area contributed by atoms with E-state index in [2.05, 4.69) is 0 Å². The first-order valence-electron chi connectivity index (χ1n) is 0.765. The van der Waals surface area contributed by atoms with E-state index in [9.17, 15) is 0 Å². The Kier molecular flexibility index (Phi) is 13.2. The van der Waals surface area contributed by atoms with Gasteiger partial charge >= 0.3 is 51.4 Å². The van der Waals surface area contributed by atoms with Crippen molar-refractivity contribution < 1.29 is 75.3 Å². The molecular formula is H3FKO4P. The van der Waals surface area contributed by atoms with Crippen molar-refractivity contribution in [3.05, 3.63) is 0 Å². The molecule has 0 fully saturated rings. The van der Waals surface area contributed by atoms with Gasteiger partial charge in [0.1, 0.15) is 0 Å².